The number of fused-ring (bicyclic) bond motifs is 3. The lowest BCUT2D eigenvalue weighted by Crippen LogP contribution is -2.05. The number of nitrogens with zero attached hydrogens (tertiary/aromatic N) is 10. The molecule has 0 bridgehead atoms. The molecule has 0 fully saturated rings. The highest BCUT2D eigenvalue weighted by Gasteiger charge is 2.21. The van der Waals surface area contributed by atoms with Gasteiger partial charge in [-0.15, -0.1) is 0 Å². The van der Waals surface area contributed by atoms with E-state index in [1.165, 1.54) is 12.1 Å². The minimum atomic E-state index is -0.676. The number of benzene rings is 2. The fourth-order valence-electron chi connectivity index (χ4n) is 5.72. The van der Waals surface area contributed by atoms with Gasteiger partial charge in [-0.3, -0.25) is 4.98 Å². The van der Waals surface area contributed by atoms with Crippen LogP contribution >= 0.6 is 0 Å². The Kier molecular flexibility index (Phi) is 8.25. The number of nitrogens with one attached hydrogen (secondary N) is 1. The number of pyridine rings is 2. The van der Waals surface area contributed by atoms with E-state index in [0.717, 1.165) is 0 Å². The molecule has 0 aliphatic heterocycles. The Hall–Kier alpha value is -7.83. The SMILES string of the molecule is Nc1nc(-c2nn(Cc3ccccc3F)c3ncccc23)nc(N)c1O.Nc1nc(-c2nn(Cc3ccccc3F)c3ncccc23)nc2[nH]c(=O)oc12. The van der Waals surface area contributed by atoms with Crippen molar-refractivity contribution < 1.29 is 18.3 Å². The molecule has 0 unspecified atom stereocenters. The molecule has 0 aliphatic rings. The minimum absolute atomic E-state index is 0.0130. The first kappa shape index (κ1) is 33.3. The van der Waals surface area contributed by atoms with Crippen molar-refractivity contribution in [1.29, 1.82) is 0 Å². The van der Waals surface area contributed by atoms with Crippen LogP contribution in [-0.2, 0) is 13.1 Å². The van der Waals surface area contributed by atoms with Crippen LogP contribution < -0.4 is 23.0 Å². The van der Waals surface area contributed by atoms with Gasteiger partial charge in [0.05, 0.1) is 23.9 Å². The van der Waals surface area contributed by atoms with E-state index in [2.05, 4.69) is 45.1 Å². The van der Waals surface area contributed by atoms with Gasteiger partial charge in [0.1, 0.15) is 23.0 Å². The molecule has 0 radical (unpaired) electrons. The van der Waals surface area contributed by atoms with Gasteiger partial charge in [-0.25, -0.2) is 52.8 Å². The maximum absolute atomic E-state index is 14.1. The van der Waals surface area contributed by atoms with Gasteiger partial charge >= 0.3 is 5.76 Å². The molecule has 0 aliphatic carbocycles. The van der Waals surface area contributed by atoms with Crippen molar-refractivity contribution in [2.45, 2.75) is 13.1 Å². The van der Waals surface area contributed by atoms with E-state index < -0.39 is 5.76 Å². The Morgan fingerprint density at radius 3 is 1.67 bits per heavy atom. The molecule has 0 saturated heterocycles. The lowest BCUT2D eigenvalue weighted by Gasteiger charge is -2.04. The van der Waals surface area contributed by atoms with Gasteiger partial charge in [-0.2, -0.15) is 10.2 Å². The molecular formula is C35H26F2N14O3. The number of nitrogens with two attached hydrogens (primary N) is 3. The third-order valence-corrected chi connectivity index (χ3v) is 8.24. The average molecular weight is 729 g/mol. The molecule has 9 aromatic rings. The number of aromatic amines is 1. The van der Waals surface area contributed by atoms with Crippen LogP contribution in [-0.4, -0.2) is 59.6 Å². The zero-order valence-electron chi connectivity index (χ0n) is 27.7. The van der Waals surface area contributed by atoms with Crippen LogP contribution in [0.15, 0.2) is 94.4 Å². The standard InChI is InChI=1S/C18H12FN7O2.C17H14FN7O/c19-11-6-2-1-4-9(11)8-26-17-10(5-3-7-21-17)12(25-26)15-22-14(20)13-16(23-15)24-18(27)28-13;18-11-6-2-1-4-9(11)8-25-17-10(5-3-7-21-17)12(24-25)16-22-14(19)13(26)15(20)23-16/h1-7H,8H2,(H3,20,22,23,24,27);1-7,26H,8H2,(H4,19,20,22,23). The zero-order chi connectivity index (χ0) is 37.5. The number of hydrogen-bond donors (Lipinski definition) is 5. The number of H-pyrrole nitrogens is 1. The number of rotatable bonds is 6. The van der Waals surface area contributed by atoms with Crippen LogP contribution in [0.1, 0.15) is 11.1 Å². The van der Waals surface area contributed by atoms with Crippen LogP contribution in [0.2, 0.25) is 0 Å². The second kappa shape index (κ2) is 13.4. The Labute approximate surface area is 300 Å². The highest BCUT2D eigenvalue weighted by molar-refractivity contribution is 5.91. The van der Waals surface area contributed by atoms with E-state index in [1.807, 2.05) is 6.07 Å². The first-order valence-electron chi connectivity index (χ1n) is 16.0. The summed E-state index contributed by atoms with van der Waals surface area (Å²) in [6, 6.07) is 20.0. The molecule has 9 rings (SSSR count). The molecule has 0 amide bonds. The summed E-state index contributed by atoms with van der Waals surface area (Å²) in [7, 11) is 0. The molecule has 54 heavy (non-hydrogen) atoms. The molecule has 7 aromatic heterocycles. The van der Waals surface area contributed by atoms with Gasteiger partial charge in [0.25, 0.3) is 0 Å². The Bertz CT molecular complexity index is 2900. The van der Waals surface area contributed by atoms with Crippen molar-refractivity contribution in [3.63, 3.8) is 0 Å². The van der Waals surface area contributed by atoms with Gasteiger partial charge in [-0.05, 0) is 36.4 Å². The van der Waals surface area contributed by atoms with Crippen molar-refractivity contribution in [2.24, 2.45) is 0 Å². The maximum Gasteiger partial charge on any atom is 0.418 e. The number of oxazole rings is 1. The lowest BCUT2D eigenvalue weighted by molar-refractivity contribution is 0.476. The van der Waals surface area contributed by atoms with Crippen molar-refractivity contribution in [1.82, 2.24) is 54.4 Å². The first-order valence-corrected chi connectivity index (χ1v) is 16.0. The third kappa shape index (κ3) is 6.10. The van der Waals surface area contributed by atoms with Crippen LogP contribution in [0.5, 0.6) is 5.75 Å². The highest BCUT2D eigenvalue weighted by atomic mass is 19.1. The van der Waals surface area contributed by atoms with Crippen molar-refractivity contribution in [2.75, 3.05) is 17.2 Å². The lowest BCUT2D eigenvalue weighted by atomic mass is 10.2. The topological polar surface area (TPSA) is 257 Å². The molecule has 268 valence electrons. The van der Waals surface area contributed by atoms with Gasteiger partial charge in [0.2, 0.25) is 11.3 Å². The van der Waals surface area contributed by atoms with Crippen LogP contribution in [0.3, 0.4) is 0 Å². The normalized spacial score (nSPS) is 11.3. The summed E-state index contributed by atoms with van der Waals surface area (Å²) < 4.78 is 36.2. The smallest absolute Gasteiger partial charge is 0.418 e. The Morgan fingerprint density at radius 2 is 1.15 bits per heavy atom. The minimum Gasteiger partial charge on any atom is -0.502 e. The molecule has 0 spiro atoms. The molecule has 0 saturated carbocycles. The zero-order valence-corrected chi connectivity index (χ0v) is 27.7. The van der Waals surface area contributed by atoms with Gasteiger partial charge in [0, 0.05) is 23.5 Å². The second-order valence-corrected chi connectivity index (χ2v) is 11.7. The van der Waals surface area contributed by atoms with Gasteiger partial charge in [0.15, 0.2) is 46.0 Å². The third-order valence-electron chi connectivity index (χ3n) is 8.24. The van der Waals surface area contributed by atoms with E-state index >= 15 is 0 Å². The molecule has 17 nitrogen and oxygen atoms in total. The largest absolute Gasteiger partial charge is 0.502 e. The summed E-state index contributed by atoms with van der Waals surface area (Å²) in [4.78, 5) is 39.2. The van der Waals surface area contributed by atoms with E-state index in [1.54, 1.807) is 76.4 Å². The molecule has 19 heteroatoms. The maximum atomic E-state index is 14.1. The summed E-state index contributed by atoms with van der Waals surface area (Å²) in [6.45, 7) is 0.365. The van der Waals surface area contributed by atoms with Crippen LogP contribution in [0, 0.1) is 11.6 Å². The van der Waals surface area contributed by atoms with E-state index in [0.29, 0.717) is 44.6 Å². The molecule has 2 aromatic carbocycles. The van der Waals surface area contributed by atoms with Crippen molar-refractivity contribution in [3.05, 3.63) is 119 Å². The van der Waals surface area contributed by atoms with E-state index in [4.69, 9.17) is 21.6 Å². The predicted molar refractivity (Wildman–Crippen MR) is 193 cm³/mol. The Morgan fingerprint density at radius 1 is 0.667 bits per heavy atom. The average Bonchev–Trinajstić information content (AvgIpc) is 3.86. The molecule has 7 heterocycles. The van der Waals surface area contributed by atoms with E-state index in [9.17, 15) is 18.7 Å². The fraction of sp³-hybridized carbons (Fsp3) is 0.0571. The highest BCUT2D eigenvalue weighted by Crippen LogP contribution is 2.31. The number of anilines is 3. The summed E-state index contributed by atoms with van der Waals surface area (Å²) in [5.41, 5.74) is 20.3. The molecular weight excluding hydrogens is 702 g/mol. The van der Waals surface area contributed by atoms with Crippen molar-refractivity contribution in [3.8, 4) is 28.8 Å². The monoisotopic (exact) mass is 728 g/mol. The number of aromatic hydroxyl groups is 1. The van der Waals surface area contributed by atoms with Crippen LogP contribution in [0.25, 0.3) is 56.3 Å². The van der Waals surface area contributed by atoms with Crippen LogP contribution in [0.4, 0.5) is 26.2 Å². The number of aromatic nitrogens is 11. The fourth-order valence-corrected chi connectivity index (χ4v) is 5.72. The summed E-state index contributed by atoms with van der Waals surface area (Å²) in [6.07, 6.45) is 3.24. The first-order chi connectivity index (χ1) is 26.1. The second-order valence-electron chi connectivity index (χ2n) is 11.7. The Balaban J connectivity index is 0.000000154. The predicted octanol–water partition coefficient (Wildman–Crippen LogP) is 4.04. The number of hydrogen-bond acceptors (Lipinski definition) is 14. The summed E-state index contributed by atoms with van der Waals surface area (Å²) in [5, 5.41) is 20.0. The number of halogens is 2. The summed E-state index contributed by atoms with van der Waals surface area (Å²) >= 11 is 0. The molecule has 0 atom stereocenters. The molecule has 8 N–H and O–H groups in total. The van der Waals surface area contributed by atoms with Crippen molar-refractivity contribution >= 4 is 50.8 Å². The van der Waals surface area contributed by atoms with Gasteiger partial charge < -0.3 is 26.7 Å². The van der Waals surface area contributed by atoms with Gasteiger partial charge in [-0.1, -0.05) is 36.4 Å². The number of nitrogen functional groups attached to an aromatic ring is 3. The quantitative estimate of drug-likeness (QED) is 0.162. The van der Waals surface area contributed by atoms with E-state index in [-0.39, 0.29) is 70.8 Å². The summed E-state index contributed by atoms with van der Waals surface area (Å²) in [5.74, 6) is -1.63.